The third-order valence-electron chi connectivity index (χ3n) is 6.89. The predicted octanol–water partition coefficient (Wildman–Crippen LogP) is 4.87. The van der Waals surface area contributed by atoms with Gasteiger partial charge in [0.15, 0.2) is 9.84 Å². The van der Waals surface area contributed by atoms with Crippen LogP contribution in [0.5, 0.6) is 0 Å². The Kier molecular flexibility index (Phi) is 9.74. The molecule has 0 radical (unpaired) electrons. The summed E-state index contributed by atoms with van der Waals surface area (Å²) < 4.78 is 23.4. The smallest absolute Gasteiger partial charge is 0.220 e. The van der Waals surface area contributed by atoms with Gasteiger partial charge in [0.2, 0.25) is 5.91 Å². The molecule has 2 fully saturated rings. The standard InChI is InChI=1S/C26H38ClN3O3S/c1-19(18-30-12-14-34(32,33)15-13-30)16-25(22-6-4-5-7-22)29-26(31)11-8-21(3)28-24-10-9-23(27)17-20(24)2/h9-10,17,22,25H,1,4-8,11-16,18H2,2-3H3,(H,29,31)/b28-21+. The van der Waals surface area contributed by atoms with Crippen LogP contribution < -0.4 is 5.32 Å². The molecular weight excluding hydrogens is 470 g/mol. The molecule has 2 aliphatic rings. The molecule has 0 bridgehead atoms. The van der Waals surface area contributed by atoms with Crippen molar-refractivity contribution in [2.24, 2.45) is 10.9 Å². The van der Waals surface area contributed by atoms with Crippen molar-refractivity contribution in [3.8, 4) is 0 Å². The quantitative estimate of drug-likeness (QED) is 0.362. The summed E-state index contributed by atoms with van der Waals surface area (Å²) in [6, 6.07) is 5.71. The Morgan fingerprint density at radius 3 is 2.56 bits per heavy atom. The highest BCUT2D eigenvalue weighted by Gasteiger charge is 2.28. The summed E-state index contributed by atoms with van der Waals surface area (Å²) in [5.41, 5.74) is 3.88. The van der Waals surface area contributed by atoms with Crippen LogP contribution in [0.1, 0.15) is 57.4 Å². The number of nitrogens with one attached hydrogen (secondary N) is 1. The van der Waals surface area contributed by atoms with E-state index < -0.39 is 9.84 Å². The second-order valence-electron chi connectivity index (χ2n) is 9.88. The number of carbonyl (C=O) groups is 1. The Balaban J connectivity index is 1.52. The van der Waals surface area contributed by atoms with Gasteiger partial charge in [0, 0.05) is 42.8 Å². The maximum Gasteiger partial charge on any atom is 0.220 e. The van der Waals surface area contributed by atoms with E-state index in [1.807, 2.05) is 32.0 Å². The van der Waals surface area contributed by atoms with Crippen molar-refractivity contribution in [1.29, 1.82) is 0 Å². The normalized spacial score (nSPS) is 20.3. The van der Waals surface area contributed by atoms with Gasteiger partial charge in [-0.15, -0.1) is 0 Å². The second kappa shape index (κ2) is 12.3. The van der Waals surface area contributed by atoms with Crippen LogP contribution in [-0.4, -0.2) is 62.1 Å². The number of amides is 1. The molecule has 1 aromatic carbocycles. The Hall–Kier alpha value is -1.70. The van der Waals surface area contributed by atoms with Gasteiger partial charge >= 0.3 is 0 Å². The fraction of sp³-hybridized carbons (Fsp3) is 0.615. The van der Waals surface area contributed by atoms with Crippen molar-refractivity contribution >= 4 is 38.7 Å². The first kappa shape index (κ1) is 26.9. The van der Waals surface area contributed by atoms with E-state index in [0.717, 1.165) is 41.8 Å². The minimum Gasteiger partial charge on any atom is -0.353 e. The lowest BCUT2D eigenvalue weighted by Crippen LogP contribution is -2.43. The summed E-state index contributed by atoms with van der Waals surface area (Å²) in [6.07, 6.45) is 6.44. The van der Waals surface area contributed by atoms with Crippen molar-refractivity contribution in [2.75, 3.05) is 31.1 Å². The van der Waals surface area contributed by atoms with Crippen molar-refractivity contribution in [1.82, 2.24) is 10.2 Å². The molecule has 34 heavy (non-hydrogen) atoms. The van der Waals surface area contributed by atoms with E-state index in [1.165, 1.54) is 12.8 Å². The summed E-state index contributed by atoms with van der Waals surface area (Å²) in [4.78, 5) is 19.7. The molecular formula is C26H38ClN3O3S. The molecule has 1 aliphatic heterocycles. The molecule has 1 saturated heterocycles. The number of aryl methyl sites for hydroxylation is 1. The van der Waals surface area contributed by atoms with E-state index in [2.05, 4.69) is 21.8 Å². The van der Waals surface area contributed by atoms with Crippen LogP contribution in [-0.2, 0) is 14.6 Å². The van der Waals surface area contributed by atoms with E-state index in [-0.39, 0.29) is 23.5 Å². The van der Waals surface area contributed by atoms with Gasteiger partial charge in [0.1, 0.15) is 0 Å². The molecule has 1 aromatic rings. The van der Waals surface area contributed by atoms with E-state index in [4.69, 9.17) is 11.6 Å². The molecule has 0 spiro atoms. The minimum atomic E-state index is -2.89. The molecule has 1 amide bonds. The molecule has 1 N–H and O–H groups in total. The number of carbonyl (C=O) groups excluding carboxylic acids is 1. The fourth-order valence-corrected chi connectivity index (χ4v) is 6.38. The van der Waals surface area contributed by atoms with Gasteiger partial charge in [-0.1, -0.05) is 36.6 Å². The largest absolute Gasteiger partial charge is 0.353 e. The van der Waals surface area contributed by atoms with Crippen LogP contribution in [0.15, 0.2) is 35.3 Å². The molecule has 188 valence electrons. The highest BCUT2D eigenvalue weighted by molar-refractivity contribution is 7.91. The molecule has 8 heteroatoms. The number of rotatable bonds is 10. The summed E-state index contributed by atoms with van der Waals surface area (Å²) >= 11 is 6.03. The number of benzene rings is 1. The Morgan fingerprint density at radius 1 is 1.24 bits per heavy atom. The zero-order valence-corrected chi connectivity index (χ0v) is 22.1. The SMILES string of the molecule is C=C(CC(NC(=O)CC/C(C)=N/c1ccc(Cl)cc1C)C1CCCC1)CN1CCS(=O)(=O)CC1. The highest BCUT2D eigenvalue weighted by Crippen LogP contribution is 2.30. The molecule has 1 aliphatic carbocycles. The highest BCUT2D eigenvalue weighted by atomic mass is 35.5. The number of aliphatic imine (C=N–C) groups is 1. The topological polar surface area (TPSA) is 78.8 Å². The van der Waals surface area contributed by atoms with Gasteiger partial charge in [-0.25, -0.2) is 8.42 Å². The van der Waals surface area contributed by atoms with E-state index in [9.17, 15) is 13.2 Å². The number of hydrogen-bond acceptors (Lipinski definition) is 5. The Labute approximate surface area is 209 Å². The molecule has 1 unspecified atom stereocenters. The molecule has 1 saturated carbocycles. The van der Waals surface area contributed by atoms with Crippen LogP contribution in [0.4, 0.5) is 5.69 Å². The van der Waals surface area contributed by atoms with Gasteiger partial charge < -0.3 is 5.32 Å². The lowest BCUT2D eigenvalue weighted by molar-refractivity contribution is -0.122. The van der Waals surface area contributed by atoms with Crippen LogP contribution in [0.25, 0.3) is 0 Å². The van der Waals surface area contributed by atoms with Crippen LogP contribution in [0, 0.1) is 12.8 Å². The van der Waals surface area contributed by atoms with E-state index in [0.29, 0.717) is 43.4 Å². The lowest BCUT2D eigenvalue weighted by Gasteiger charge is -2.30. The third-order valence-corrected chi connectivity index (χ3v) is 8.74. The van der Waals surface area contributed by atoms with Crippen LogP contribution in [0.3, 0.4) is 0 Å². The minimum absolute atomic E-state index is 0.0520. The first-order valence-corrected chi connectivity index (χ1v) is 14.5. The van der Waals surface area contributed by atoms with Gasteiger partial charge in [0.05, 0.1) is 17.2 Å². The molecule has 1 atom stereocenters. The summed E-state index contributed by atoms with van der Waals surface area (Å²) in [5.74, 6) is 0.976. The third kappa shape index (κ3) is 8.51. The summed E-state index contributed by atoms with van der Waals surface area (Å²) in [7, 11) is -2.89. The number of sulfone groups is 1. The lowest BCUT2D eigenvalue weighted by atomic mass is 9.92. The first-order valence-electron chi connectivity index (χ1n) is 12.3. The molecule has 3 rings (SSSR count). The number of nitrogens with zero attached hydrogens (tertiary/aromatic N) is 2. The zero-order chi connectivity index (χ0) is 24.7. The van der Waals surface area contributed by atoms with E-state index >= 15 is 0 Å². The molecule has 1 heterocycles. The maximum absolute atomic E-state index is 12.8. The van der Waals surface area contributed by atoms with Crippen LogP contribution >= 0.6 is 11.6 Å². The van der Waals surface area contributed by atoms with Crippen LogP contribution in [0.2, 0.25) is 5.02 Å². The summed E-state index contributed by atoms with van der Waals surface area (Å²) in [6.45, 7) is 10.0. The van der Waals surface area contributed by atoms with Crippen molar-refractivity contribution < 1.29 is 13.2 Å². The number of hydrogen-bond donors (Lipinski definition) is 1. The first-order chi connectivity index (χ1) is 16.1. The molecule has 6 nitrogen and oxygen atoms in total. The van der Waals surface area contributed by atoms with Gasteiger partial charge in [-0.2, -0.15) is 0 Å². The number of halogens is 1. The second-order valence-corrected chi connectivity index (χ2v) is 12.6. The summed E-state index contributed by atoms with van der Waals surface area (Å²) in [5, 5.41) is 3.98. The van der Waals surface area contributed by atoms with Gasteiger partial charge in [0.25, 0.3) is 0 Å². The maximum atomic E-state index is 12.8. The average Bonchev–Trinajstić information content (AvgIpc) is 3.30. The fourth-order valence-electron chi connectivity index (χ4n) is 4.87. The van der Waals surface area contributed by atoms with Crippen molar-refractivity contribution in [3.63, 3.8) is 0 Å². The molecule has 0 aromatic heterocycles. The Morgan fingerprint density at radius 2 is 1.91 bits per heavy atom. The average molecular weight is 508 g/mol. The van der Waals surface area contributed by atoms with E-state index in [1.54, 1.807) is 0 Å². The predicted molar refractivity (Wildman–Crippen MR) is 141 cm³/mol. The van der Waals surface area contributed by atoms with Gasteiger partial charge in [-0.3, -0.25) is 14.7 Å². The Bertz CT molecular complexity index is 1000. The van der Waals surface area contributed by atoms with Crippen molar-refractivity contribution in [3.05, 3.63) is 40.9 Å². The van der Waals surface area contributed by atoms with Gasteiger partial charge in [-0.05, 0) is 69.2 Å². The zero-order valence-electron chi connectivity index (χ0n) is 20.5. The monoisotopic (exact) mass is 507 g/mol. The van der Waals surface area contributed by atoms with Crippen molar-refractivity contribution in [2.45, 2.75) is 64.8 Å².